The van der Waals surface area contributed by atoms with Gasteiger partial charge in [0, 0.05) is 25.8 Å². The predicted molar refractivity (Wildman–Crippen MR) is 81.4 cm³/mol. The molecule has 1 unspecified atom stereocenters. The van der Waals surface area contributed by atoms with E-state index in [0.29, 0.717) is 5.92 Å². The molecule has 0 radical (unpaired) electrons. The Balaban J connectivity index is 1.84. The van der Waals surface area contributed by atoms with Crippen LogP contribution in [0.2, 0.25) is 0 Å². The first-order valence-corrected chi connectivity index (χ1v) is 7.59. The van der Waals surface area contributed by atoms with Gasteiger partial charge in [0.2, 0.25) is 0 Å². The number of aromatic nitrogens is 1. The highest BCUT2D eigenvalue weighted by Crippen LogP contribution is 2.23. The summed E-state index contributed by atoms with van der Waals surface area (Å²) in [5, 5.41) is 3.45. The normalized spacial score (nSPS) is 19.4. The summed E-state index contributed by atoms with van der Waals surface area (Å²) >= 11 is 0. The molecule has 0 aliphatic carbocycles. The summed E-state index contributed by atoms with van der Waals surface area (Å²) < 4.78 is 0. The molecule has 1 atom stereocenters. The highest BCUT2D eigenvalue weighted by molar-refractivity contribution is 5.40. The van der Waals surface area contributed by atoms with E-state index < -0.39 is 0 Å². The number of anilines is 1. The van der Waals surface area contributed by atoms with Gasteiger partial charge in [0.05, 0.1) is 0 Å². The predicted octanol–water partition coefficient (Wildman–Crippen LogP) is 3.06. The van der Waals surface area contributed by atoms with Gasteiger partial charge in [0.15, 0.2) is 0 Å². The smallest absolute Gasteiger partial charge is 0.128 e. The van der Waals surface area contributed by atoms with Crippen LogP contribution in [-0.4, -0.2) is 24.6 Å². The summed E-state index contributed by atoms with van der Waals surface area (Å²) in [5.74, 6) is 2.69. The molecule has 1 saturated heterocycles. The van der Waals surface area contributed by atoms with E-state index in [9.17, 15) is 0 Å². The van der Waals surface area contributed by atoms with Gasteiger partial charge in [-0.1, -0.05) is 33.3 Å². The third-order valence-corrected chi connectivity index (χ3v) is 3.88. The molecule has 0 spiro atoms. The van der Waals surface area contributed by atoms with E-state index in [1.807, 2.05) is 6.20 Å². The van der Waals surface area contributed by atoms with Crippen molar-refractivity contribution < 1.29 is 0 Å². The van der Waals surface area contributed by atoms with Crippen molar-refractivity contribution >= 4 is 5.82 Å². The summed E-state index contributed by atoms with van der Waals surface area (Å²) in [6.07, 6.45) is 4.62. The molecule has 1 aliphatic heterocycles. The van der Waals surface area contributed by atoms with Crippen LogP contribution in [-0.2, 0) is 6.54 Å². The van der Waals surface area contributed by atoms with E-state index in [4.69, 9.17) is 0 Å². The number of hydrogen-bond acceptors (Lipinski definition) is 3. The van der Waals surface area contributed by atoms with Gasteiger partial charge in [-0.25, -0.2) is 4.98 Å². The van der Waals surface area contributed by atoms with E-state index in [0.717, 1.165) is 31.4 Å². The molecule has 0 amide bonds. The molecule has 3 nitrogen and oxygen atoms in total. The monoisotopic (exact) mass is 261 g/mol. The van der Waals surface area contributed by atoms with Crippen LogP contribution >= 0.6 is 0 Å². The second kappa shape index (κ2) is 6.90. The first kappa shape index (κ1) is 14.3. The maximum atomic E-state index is 4.61. The van der Waals surface area contributed by atoms with Crippen molar-refractivity contribution in [3.63, 3.8) is 0 Å². The zero-order valence-electron chi connectivity index (χ0n) is 12.5. The maximum absolute atomic E-state index is 4.61. The lowest BCUT2D eigenvalue weighted by Crippen LogP contribution is -2.21. The molecule has 2 heterocycles. The van der Waals surface area contributed by atoms with E-state index >= 15 is 0 Å². The van der Waals surface area contributed by atoms with E-state index in [2.05, 4.69) is 48.1 Å². The molecule has 106 valence electrons. The molecule has 1 fully saturated rings. The van der Waals surface area contributed by atoms with Crippen LogP contribution in [0.4, 0.5) is 5.82 Å². The highest BCUT2D eigenvalue weighted by Gasteiger charge is 2.21. The van der Waals surface area contributed by atoms with Gasteiger partial charge in [0.1, 0.15) is 5.82 Å². The third kappa shape index (κ3) is 4.20. The minimum absolute atomic E-state index is 0.697. The number of rotatable bonds is 6. The van der Waals surface area contributed by atoms with Crippen molar-refractivity contribution in [2.75, 3.05) is 24.5 Å². The molecule has 0 aromatic carbocycles. The van der Waals surface area contributed by atoms with Crippen molar-refractivity contribution in [2.24, 2.45) is 11.8 Å². The zero-order valence-corrected chi connectivity index (χ0v) is 12.5. The average Bonchev–Trinajstić information content (AvgIpc) is 2.88. The quantitative estimate of drug-likeness (QED) is 0.853. The van der Waals surface area contributed by atoms with E-state index in [1.54, 1.807) is 0 Å². The van der Waals surface area contributed by atoms with Crippen LogP contribution in [0.25, 0.3) is 0 Å². The van der Waals surface area contributed by atoms with Gasteiger partial charge in [-0.3, -0.25) is 0 Å². The number of nitrogens with zero attached hydrogens (tertiary/aromatic N) is 2. The van der Waals surface area contributed by atoms with Crippen LogP contribution in [0.3, 0.4) is 0 Å². The van der Waals surface area contributed by atoms with Gasteiger partial charge < -0.3 is 10.2 Å². The number of pyridine rings is 1. The van der Waals surface area contributed by atoms with Crippen LogP contribution in [0.1, 0.15) is 39.2 Å². The standard InChI is InChI=1S/C16H27N3/c1-4-14-7-8-19(12-14)16-6-5-15(11-18-16)10-17-9-13(2)3/h5-6,11,13-14,17H,4,7-10,12H2,1-3H3. The van der Waals surface area contributed by atoms with Crippen molar-refractivity contribution in [1.82, 2.24) is 10.3 Å². The molecule has 0 saturated carbocycles. The fraction of sp³-hybridized carbons (Fsp3) is 0.688. The minimum atomic E-state index is 0.697. The second-order valence-corrected chi connectivity index (χ2v) is 6.06. The molecule has 19 heavy (non-hydrogen) atoms. The van der Waals surface area contributed by atoms with Gasteiger partial charge in [0.25, 0.3) is 0 Å². The van der Waals surface area contributed by atoms with Crippen molar-refractivity contribution in [3.8, 4) is 0 Å². The molecule has 0 bridgehead atoms. The molecular formula is C16H27N3. The van der Waals surface area contributed by atoms with Crippen LogP contribution in [0.15, 0.2) is 18.3 Å². The maximum Gasteiger partial charge on any atom is 0.128 e. The van der Waals surface area contributed by atoms with Crippen LogP contribution in [0.5, 0.6) is 0 Å². The summed E-state index contributed by atoms with van der Waals surface area (Å²) in [6.45, 7) is 11.1. The Labute approximate surface area is 117 Å². The van der Waals surface area contributed by atoms with Crippen molar-refractivity contribution in [2.45, 2.75) is 40.2 Å². The summed E-state index contributed by atoms with van der Waals surface area (Å²) in [6, 6.07) is 4.37. The Morgan fingerprint density at radius 3 is 2.84 bits per heavy atom. The Morgan fingerprint density at radius 1 is 1.42 bits per heavy atom. The molecule has 2 rings (SSSR count). The van der Waals surface area contributed by atoms with Crippen molar-refractivity contribution in [3.05, 3.63) is 23.9 Å². The van der Waals surface area contributed by atoms with Gasteiger partial charge in [-0.15, -0.1) is 0 Å². The molecule has 1 aromatic heterocycles. The lowest BCUT2D eigenvalue weighted by atomic mass is 10.1. The molecule has 3 heteroatoms. The SMILES string of the molecule is CCC1CCN(c2ccc(CNCC(C)C)cn2)C1. The topological polar surface area (TPSA) is 28.2 Å². The van der Waals surface area contributed by atoms with Crippen LogP contribution in [0, 0.1) is 11.8 Å². The second-order valence-electron chi connectivity index (χ2n) is 6.06. The Bertz CT molecular complexity index is 372. The Morgan fingerprint density at radius 2 is 2.26 bits per heavy atom. The fourth-order valence-electron chi connectivity index (χ4n) is 2.59. The third-order valence-electron chi connectivity index (χ3n) is 3.88. The lowest BCUT2D eigenvalue weighted by Gasteiger charge is -2.17. The minimum Gasteiger partial charge on any atom is -0.356 e. The fourth-order valence-corrected chi connectivity index (χ4v) is 2.59. The summed E-state index contributed by atoms with van der Waals surface area (Å²) in [4.78, 5) is 7.03. The van der Waals surface area contributed by atoms with Gasteiger partial charge in [-0.2, -0.15) is 0 Å². The summed E-state index contributed by atoms with van der Waals surface area (Å²) in [7, 11) is 0. The van der Waals surface area contributed by atoms with Gasteiger partial charge >= 0.3 is 0 Å². The average molecular weight is 261 g/mol. The first-order valence-electron chi connectivity index (χ1n) is 7.59. The Kier molecular flexibility index (Phi) is 5.20. The largest absolute Gasteiger partial charge is 0.356 e. The highest BCUT2D eigenvalue weighted by atomic mass is 15.2. The molecule has 1 N–H and O–H groups in total. The molecule has 1 aromatic rings. The van der Waals surface area contributed by atoms with Crippen LogP contribution < -0.4 is 10.2 Å². The number of nitrogens with one attached hydrogen (secondary N) is 1. The van der Waals surface area contributed by atoms with E-state index in [1.165, 1.54) is 24.9 Å². The zero-order chi connectivity index (χ0) is 13.7. The lowest BCUT2D eigenvalue weighted by molar-refractivity contribution is 0.552. The molecule has 1 aliphatic rings. The molecular weight excluding hydrogens is 234 g/mol. The van der Waals surface area contributed by atoms with Crippen molar-refractivity contribution in [1.29, 1.82) is 0 Å². The van der Waals surface area contributed by atoms with E-state index in [-0.39, 0.29) is 0 Å². The summed E-state index contributed by atoms with van der Waals surface area (Å²) in [5.41, 5.74) is 1.27. The van der Waals surface area contributed by atoms with Gasteiger partial charge in [-0.05, 0) is 36.4 Å². The first-order chi connectivity index (χ1) is 9.19. The number of hydrogen-bond donors (Lipinski definition) is 1. The Hall–Kier alpha value is -1.09.